The van der Waals surface area contributed by atoms with E-state index < -0.39 is 23.3 Å². The molecule has 2 atom stereocenters. The highest BCUT2D eigenvalue weighted by atomic mass is 16.6. The van der Waals surface area contributed by atoms with Crippen LogP contribution in [-0.4, -0.2) is 46.4 Å². The molecule has 20 heavy (non-hydrogen) atoms. The summed E-state index contributed by atoms with van der Waals surface area (Å²) < 4.78 is 5.38. The van der Waals surface area contributed by atoms with Gasteiger partial charge in [-0.25, -0.2) is 4.79 Å². The Labute approximate surface area is 119 Å². The van der Waals surface area contributed by atoms with E-state index in [2.05, 4.69) is 10.0 Å². The summed E-state index contributed by atoms with van der Waals surface area (Å²) in [4.78, 5) is 16.5. The number of carbonyl (C=O) groups is 1. The molecule has 0 aromatic rings. The highest BCUT2D eigenvalue weighted by Crippen LogP contribution is 2.28. The zero-order valence-electron chi connectivity index (χ0n) is 12.7. The maximum Gasteiger partial charge on any atom is 0.410 e. The first-order valence-electron chi connectivity index (χ1n) is 6.90. The molecular weight excluding hydrogens is 260 g/mol. The molecule has 1 N–H and O–H groups in total. The molecule has 1 fully saturated rings. The van der Waals surface area contributed by atoms with Gasteiger partial charge in [0.05, 0.1) is 18.2 Å². The van der Waals surface area contributed by atoms with Crippen LogP contribution in [-0.2, 0) is 4.74 Å². The Morgan fingerprint density at radius 3 is 2.65 bits per heavy atom. The number of piperidine rings is 1. The second kappa shape index (κ2) is 6.33. The quantitative estimate of drug-likeness (QED) is 0.490. The van der Waals surface area contributed by atoms with Crippen LogP contribution < -0.4 is 0 Å². The summed E-state index contributed by atoms with van der Waals surface area (Å²) in [6, 6.07) is -0.392. The first-order chi connectivity index (χ1) is 9.17. The summed E-state index contributed by atoms with van der Waals surface area (Å²) in [6.45, 7) is 7.50. The number of carbonyl (C=O) groups excluding carboxylic acids is 1. The molecule has 1 saturated heterocycles. The number of amides is 1. The maximum atomic E-state index is 12.2. The van der Waals surface area contributed by atoms with Gasteiger partial charge < -0.3 is 14.7 Å². The van der Waals surface area contributed by atoms with E-state index in [4.69, 9.17) is 10.3 Å². The number of ether oxygens (including phenoxy) is 1. The van der Waals surface area contributed by atoms with Crippen LogP contribution in [0.2, 0.25) is 0 Å². The van der Waals surface area contributed by atoms with E-state index in [0.29, 0.717) is 13.0 Å². The topological polar surface area (TPSA) is 98.5 Å². The fourth-order valence-corrected chi connectivity index (χ4v) is 2.40. The van der Waals surface area contributed by atoms with Crippen LogP contribution in [0.1, 0.15) is 47.0 Å². The van der Waals surface area contributed by atoms with Gasteiger partial charge in [0.2, 0.25) is 0 Å². The number of hydrogen-bond donors (Lipinski definition) is 1. The molecule has 1 aliphatic rings. The number of rotatable bonds is 3. The Hall–Kier alpha value is -1.46. The van der Waals surface area contributed by atoms with Crippen molar-refractivity contribution in [2.75, 3.05) is 13.1 Å². The third-order valence-corrected chi connectivity index (χ3v) is 3.30. The van der Waals surface area contributed by atoms with Crippen LogP contribution in [0.25, 0.3) is 10.4 Å². The molecule has 1 aliphatic heterocycles. The van der Waals surface area contributed by atoms with Crippen LogP contribution in [0.3, 0.4) is 0 Å². The van der Waals surface area contributed by atoms with Crippen molar-refractivity contribution in [2.45, 2.75) is 64.2 Å². The van der Waals surface area contributed by atoms with Crippen LogP contribution in [0, 0.1) is 0 Å². The Kier molecular flexibility index (Phi) is 5.25. The summed E-state index contributed by atoms with van der Waals surface area (Å²) in [7, 11) is 0. The van der Waals surface area contributed by atoms with Gasteiger partial charge in [0, 0.05) is 11.5 Å². The molecule has 0 aromatic heterocycles. The molecule has 1 rings (SSSR count). The van der Waals surface area contributed by atoms with Gasteiger partial charge in [-0.3, -0.25) is 0 Å². The van der Waals surface area contributed by atoms with E-state index in [1.54, 1.807) is 11.8 Å². The summed E-state index contributed by atoms with van der Waals surface area (Å²) in [6.07, 6.45) is 2.06. The van der Waals surface area contributed by atoms with Crippen molar-refractivity contribution in [3.63, 3.8) is 0 Å². The average Bonchev–Trinajstić information content (AvgIpc) is 2.34. The van der Waals surface area contributed by atoms with Gasteiger partial charge >= 0.3 is 6.09 Å². The minimum atomic E-state index is -1.25. The van der Waals surface area contributed by atoms with Crippen molar-refractivity contribution in [1.82, 2.24) is 4.90 Å². The van der Waals surface area contributed by atoms with Gasteiger partial charge in [-0.05, 0) is 52.5 Å². The zero-order valence-corrected chi connectivity index (χ0v) is 12.7. The highest BCUT2D eigenvalue weighted by molar-refractivity contribution is 5.69. The van der Waals surface area contributed by atoms with E-state index in [-0.39, 0.29) is 6.54 Å². The summed E-state index contributed by atoms with van der Waals surface area (Å²) in [5, 5.41) is 13.9. The van der Waals surface area contributed by atoms with Crippen molar-refractivity contribution in [3.8, 4) is 0 Å². The lowest BCUT2D eigenvalue weighted by Gasteiger charge is -2.43. The van der Waals surface area contributed by atoms with Crippen LogP contribution >= 0.6 is 0 Å². The Morgan fingerprint density at radius 1 is 1.45 bits per heavy atom. The first-order valence-corrected chi connectivity index (χ1v) is 6.90. The molecule has 0 radical (unpaired) electrons. The molecule has 1 heterocycles. The zero-order chi connectivity index (χ0) is 15.4. The summed E-state index contributed by atoms with van der Waals surface area (Å²) >= 11 is 0. The Bertz CT molecular complexity index is 397. The molecule has 0 aromatic carbocycles. The van der Waals surface area contributed by atoms with Gasteiger partial charge in [0.1, 0.15) is 5.60 Å². The van der Waals surface area contributed by atoms with Crippen molar-refractivity contribution in [3.05, 3.63) is 10.4 Å². The lowest BCUT2D eigenvalue weighted by atomic mass is 9.88. The molecule has 0 aliphatic carbocycles. The Morgan fingerprint density at radius 2 is 2.10 bits per heavy atom. The first kappa shape index (κ1) is 16.6. The van der Waals surface area contributed by atoms with Gasteiger partial charge in [-0.2, -0.15) is 0 Å². The fraction of sp³-hybridized carbons (Fsp3) is 0.923. The Balaban J connectivity index is 2.86. The second-order valence-electron chi connectivity index (χ2n) is 6.43. The van der Waals surface area contributed by atoms with E-state index in [1.165, 1.54) is 0 Å². The normalized spacial score (nSPS) is 22.6. The number of azide groups is 1. The number of aliphatic hydroxyl groups is 1. The smallest absolute Gasteiger partial charge is 0.410 e. The number of nitrogens with zero attached hydrogens (tertiary/aromatic N) is 4. The monoisotopic (exact) mass is 284 g/mol. The van der Waals surface area contributed by atoms with Crippen molar-refractivity contribution in [1.29, 1.82) is 0 Å². The number of likely N-dealkylation sites (tertiary alicyclic amines) is 1. The molecule has 0 unspecified atom stereocenters. The van der Waals surface area contributed by atoms with Crippen molar-refractivity contribution in [2.24, 2.45) is 5.11 Å². The molecule has 0 saturated carbocycles. The lowest BCUT2D eigenvalue weighted by Crippen LogP contribution is -2.57. The molecule has 0 bridgehead atoms. The lowest BCUT2D eigenvalue weighted by molar-refractivity contribution is -0.0539. The van der Waals surface area contributed by atoms with Gasteiger partial charge in [-0.1, -0.05) is 5.11 Å². The van der Waals surface area contributed by atoms with Gasteiger partial charge in [0.15, 0.2) is 0 Å². The average molecular weight is 284 g/mol. The van der Waals surface area contributed by atoms with E-state index in [1.807, 2.05) is 20.8 Å². The molecule has 114 valence electrons. The molecule has 7 heteroatoms. The largest absolute Gasteiger partial charge is 0.444 e. The predicted molar refractivity (Wildman–Crippen MR) is 75.2 cm³/mol. The molecule has 7 nitrogen and oxygen atoms in total. The highest BCUT2D eigenvalue weighted by Gasteiger charge is 2.41. The third kappa shape index (κ3) is 4.58. The molecule has 1 amide bonds. The summed E-state index contributed by atoms with van der Waals surface area (Å²) in [5.41, 5.74) is 6.58. The SMILES string of the molecule is CC(C)(C)OC(=O)N1CCCC[C@H]1[C@@](C)(O)CN=[N+]=[N-]. The minimum absolute atomic E-state index is 0.0620. The third-order valence-electron chi connectivity index (χ3n) is 3.30. The van der Waals surface area contributed by atoms with E-state index >= 15 is 0 Å². The standard InChI is InChI=1S/C13H24N4O3/c1-12(2,3)20-11(18)17-8-6-5-7-10(17)13(4,19)9-15-16-14/h10,19H,5-9H2,1-4H3/t10-,13-/m0/s1. The van der Waals surface area contributed by atoms with E-state index in [0.717, 1.165) is 12.8 Å². The number of hydrogen-bond acceptors (Lipinski definition) is 4. The van der Waals surface area contributed by atoms with Crippen LogP contribution in [0.5, 0.6) is 0 Å². The minimum Gasteiger partial charge on any atom is -0.444 e. The second-order valence-corrected chi connectivity index (χ2v) is 6.43. The van der Waals surface area contributed by atoms with E-state index in [9.17, 15) is 9.90 Å². The maximum absolute atomic E-state index is 12.2. The van der Waals surface area contributed by atoms with Crippen LogP contribution in [0.4, 0.5) is 4.79 Å². The molecular formula is C13H24N4O3. The fourth-order valence-electron chi connectivity index (χ4n) is 2.40. The summed E-state index contributed by atoms with van der Waals surface area (Å²) in [5.74, 6) is 0. The van der Waals surface area contributed by atoms with Gasteiger partial charge in [-0.15, -0.1) is 0 Å². The van der Waals surface area contributed by atoms with Gasteiger partial charge in [0.25, 0.3) is 0 Å². The van der Waals surface area contributed by atoms with Crippen LogP contribution in [0.15, 0.2) is 5.11 Å². The predicted octanol–water partition coefficient (Wildman–Crippen LogP) is 2.84. The van der Waals surface area contributed by atoms with Crippen molar-refractivity contribution < 1.29 is 14.6 Å². The molecule has 0 spiro atoms. The van der Waals surface area contributed by atoms with Crippen molar-refractivity contribution >= 4 is 6.09 Å².